The van der Waals surface area contributed by atoms with Crippen LogP contribution in [0.3, 0.4) is 0 Å². The summed E-state index contributed by atoms with van der Waals surface area (Å²) >= 11 is 5.88. The van der Waals surface area contributed by atoms with E-state index in [4.69, 9.17) is 16.3 Å². The van der Waals surface area contributed by atoms with E-state index >= 15 is 0 Å². The number of aromatic nitrogens is 3. The van der Waals surface area contributed by atoms with Gasteiger partial charge in [-0.2, -0.15) is 0 Å². The van der Waals surface area contributed by atoms with Gasteiger partial charge in [0.2, 0.25) is 0 Å². The third-order valence-electron chi connectivity index (χ3n) is 2.56. The highest BCUT2D eigenvalue weighted by Crippen LogP contribution is 2.25. The minimum Gasteiger partial charge on any atom is -0.495 e. The first-order valence-corrected chi connectivity index (χ1v) is 5.97. The van der Waals surface area contributed by atoms with Gasteiger partial charge >= 0.3 is 0 Å². The van der Waals surface area contributed by atoms with Crippen LogP contribution in [-0.2, 0) is 12.3 Å². The van der Waals surface area contributed by atoms with E-state index in [9.17, 15) is 0 Å². The van der Waals surface area contributed by atoms with Gasteiger partial charge in [0, 0.05) is 6.42 Å². The number of alkyl halides is 1. The van der Waals surface area contributed by atoms with Gasteiger partial charge in [-0.3, -0.25) is 4.57 Å². The zero-order valence-corrected chi connectivity index (χ0v) is 10.6. The molecule has 90 valence electrons. The number of aryl methyl sites for hydroxylation is 1. The van der Waals surface area contributed by atoms with Crippen molar-refractivity contribution in [2.24, 2.45) is 0 Å². The molecular formula is C12H14ClN3O. The summed E-state index contributed by atoms with van der Waals surface area (Å²) in [4.78, 5) is 0. The van der Waals surface area contributed by atoms with Gasteiger partial charge in [0.15, 0.2) is 5.82 Å². The summed E-state index contributed by atoms with van der Waals surface area (Å²) < 4.78 is 7.30. The zero-order valence-electron chi connectivity index (χ0n) is 9.85. The monoisotopic (exact) mass is 251 g/mol. The smallest absolute Gasteiger partial charge is 0.152 e. The number of para-hydroxylation sites is 2. The summed E-state index contributed by atoms with van der Waals surface area (Å²) in [5.41, 5.74) is 0.924. The van der Waals surface area contributed by atoms with Crippen LogP contribution < -0.4 is 4.74 Å². The number of rotatable bonds is 4. The van der Waals surface area contributed by atoms with E-state index in [2.05, 4.69) is 10.2 Å². The summed E-state index contributed by atoms with van der Waals surface area (Å²) in [5, 5.41) is 8.21. The molecule has 0 saturated carbocycles. The van der Waals surface area contributed by atoms with Gasteiger partial charge < -0.3 is 4.74 Å². The third-order valence-corrected chi connectivity index (χ3v) is 2.80. The number of hydrogen-bond donors (Lipinski definition) is 0. The van der Waals surface area contributed by atoms with Crippen molar-refractivity contribution in [1.82, 2.24) is 14.8 Å². The van der Waals surface area contributed by atoms with Crippen molar-refractivity contribution < 1.29 is 4.74 Å². The highest BCUT2D eigenvalue weighted by Gasteiger charge is 2.14. The van der Waals surface area contributed by atoms with Gasteiger partial charge in [0.25, 0.3) is 0 Å². The van der Waals surface area contributed by atoms with Gasteiger partial charge in [-0.25, -0.2) is 0 Å². The zero-order chi connectivity index (χ0) is 12.3. The molecule has 1 heterocycles. The summed E-state index contributed by atoms with van der Waals surface area (Å²) in [7, 11) is 1.65. The lowest BCUT2D eigenvalue weighted by atomic mass is 10.2. The first-order valence-electron chi connectivity index (χ1n) is 5.44. The van der Waals surface area contributed by atoms with Crippen LogP contribution in [0, 0.1) is 0 Å². The maximum absolute atomic E-state index is 5.88. The molecule has 0 saturated heterocycles. The molecule has 0 atom stereocenters. The Morgan fingerprint density at radius 3 is 2.59 bits per heavy atom. The van der Waals surface area contributed by atoms with E-state index in [-0.39, 0.29) is 0 Å². The fraction of sp³-hybridized carbons (Fsp3) is 0.333. The highest BCUT2D eigenvalue weighted by molar-refractivity contribution is 6.16. The van der Waals surface area contributed by atoms with Crippen molar-refractivity contribution in [3.05, 3.63) is 35.9 Å². The lowest BCUT2D eigenvalue weighted by Crippen LogP contribution is -2.05. The fourth-order valence-corrected chi connectivity index (χ4v) is 1.93. The normalized spacial score (nSPS) is 10.5. The van der Waals surface area contributed by atoms with Crippen molar-refractivity contribution in [1.29, 1.82) is 0 Å². The first kappa shape index (κ1) is 11.9. The SMILES string of the molecule is CCc1nnc(CCl)n1-c1ccccc1OC. The molecule has 0 bridgehead atoms. The lowest BCUT2D eigenvalue weighted by molar-refractivity contribution is 0.412. The highest BCUT2D eigenvalue weighted by atomic mass is 35.5. The molecule has 2 aromatic rings. The van der Waals surface area contributed by atoms with Crippen LogP contribution in [0.4, 0.5) is 0 Å². The van der Waals surface area contributed by atoms with E-state index in [1.807, 2.05) is 35.8 Å². The molecule has 0 fully saturated rings. The molecule has 5 heteroatoms. The summed E-state index contributed by atoms with van der Waals surface area (Å²) in [5.74, 6) is 2.72. The molecule has 1 aromatic carbocycles. The van der Waals surface area contributed by atoms with Crippen LogP contribution in [0.15, 0.2) is 24.3 Å². The topological polar surface area (TPSA) is 39.9 Å². The fourth-order valence-electron chi connectivity index (χ4n) is 1.76. The van der Waals surface area contributed by atoms with Crippen molar-refractivity contribution >= 4 is 11.6 Å². The molecule has 0 N–H and O–H groups in total. The van der Waals surface area contributed by atoms with E-state index in [0.717, 1.165) is 29.5 Å². The molecule has 0 spiro atoms. The van der Waals surface area contributed by atoms with E-state index in [0.29, 0.717) is 5.88 Å². The summed E-state index contributed by atoms with van der Waals surface area (Å²) in [6.07, 6.45) is 0.794. The summed E-state index contributed by atoms with van der Waals surface area (Å²) in [6.45, 7) is 2.04. The molecule has 0 unspecified atom stereocenters. The Morgan fingerprint density at radius 1 is 1.24 bits per heavy atom. The molecule has 0 aliphatic rings. The Kier molecular flexibility index (Phi) is 3.64. The molecule has 2 rings (SSSR count). The van der Waals surface area contributed by atoms with Crippen LogP contribution >= 0.6 is 11.6 Å². The second kappa shape index (κ2) is 5.19. The van der Waals surface area contributed by atoms with Crippen LogP contribution in [0.2, 0.25) is 0 Å². The minimum absolute atomic E-state index is 0.324. The Balaban J connectivity index is 2.62. The first-order chi connectivity index (χ1) is 8.31. The maximum atomic E-state index is 5.88. The van der Waals surface area contributed by atoms with Gasteiger partial charge in [0.1, 0.15) is 11.6 Å². The number of ether oxygens (including phenoxy) is 1. The van der Waals surface area contributed by atoms with Crippen LogP contribution in [0.25, 0.3) is 5.69 Å². The largest absolute Gasteiger partial charge is 0.495 e. The number of methoxy groups -OCH3 is 1. The Bertz CT molecular complexity index is 489. The Hall–Kier alpha value is -1.55. The van der Waals surface area contributed by atoms with Crippen molar-refractivity contribution in [2.45, 2.75) is 19.2 Å². The number of benzene rings is 1. The molecular weight excluding hydrogens is 238 g/mol. The van der Waals surface area contributed by atoms with Gasteiger partial charge in [-0.15, -0.1) is 21.8 Å². The molecule has 0 aliphatic heterocycles. The quantitative estimate of drug-likeness (QED) is 0.784. The Morgan fingerprint density at radius 2 is 1.94 bits per heavy atom. The van der Waals surface area contributed by atoms with E-state index in [1.54, 1.807) is 7.11 Å². The van der Waals surface area contributed by atoms with Gasteiger partial charge in [-0.05, 0) is 12.1 Å². The molecule has 4 nitrogen and oxygen atoms in total. The average molecular weight is 252 g/mol. The van der Waals surface area contributed by atoms with Gasteiger partial charge in [-0.1, -0.05) is 19.1 Å². The molecule has 17 heavy (non-hydrogen) atoms. The molecule has 0 radical (unpaired) electrons. The van der Waals surface area contributed by atoms with Crippen molar-refractivity contribution in [3.63, 3.8) is 0 Å². The van der Waals surface area contributed by atoms with Gasteiger partial charge in [0.05, 0.1) is 18.7 Å². The standard InChI is InChI=1S/C12H14ClN3O/c1-3-11-14-15-12(8-13)16(11)9-6-4-5-7-10(9)17-2/h4-7H,3,8H2,1-2H3. The average Bonchev–Trinajstić information content (AvgIpc) is 2.81. The maximum Gasteiger partial charge on any atom is 0.152 e. The predicted octanol–water partition coefficient (Wildman–Crippen LogP) is 2.58. The van der Waals surface area contributed by atoms with E-state index in [1.165, 1.54) is 0 Å². The minimum atomic E-state index is 0.324. The lowest BCUT2D eigenvalue weighted by Gasteiger charge is -2.12. The molecule has 0 aliphatic carbocycles. The summed E-state index contributed by atoms with van der Waals surface area (Å²) in [6, 6.07) is 7.76. The molecule has 1 aromatic heterocycles. The number of hydrogen-bond acceptors (Lipinski definition) is 3. The van der Waals surface area contributed by atoms with Crippen LogP contribution in [-0.4, -0.2) is 21.9 Å². The van der Waals surface area contributed by atoms with Crippen LogP contribution in [0.5, 0.6) is 5.75 Å². The Labute approximate surface area is 105 Å². The molecule has 0 amide bonds. The predicted molar refractivity (Wildman–Crippen MR) is 66.8 cm³/mol. The third kappa shape index (κ3) is 2.13. The second-order valence-electron chi connectivity index (χ2n) is 3.53. The number of nitrogens with zero attached hydrogens (tertiary/aromatic N) is 3. The van der Waals surface area contributed by atoms with Crippen molar-refractivity contribution in [3.8, 4) is 11.4 Å². The van der Waals surface area contributed by atoms with Crippen LogP contribution in [0.1, 0.15) is 18.6 Å². The number of halogens is 1. The van der Waals surface area contributed by atoms with E-state index < -0.39 is 0 Å². The van der Waals surface area contributed by atoms with Crippen molar-refractivity contribution in [2.75, 3.05) is 7.11 Å². The second-order valence-corrected chi connectivity index (χ2v) is 3.79.